The van der Waals surface area contributed by atoms with E-state index in [-0.39, 0.29) is 11.4 Å². The molecule has 3 rings (SSSR count). The van der Waals surface area contributed by atoms with Crippen LogP contribution >= 0.6 is 21.4 Å². The van der Waals surface area contributed by atoms with E-state index < -0.39 is 10.0 Å². The molecule has 2 heterocycles. The number of hydrogen-bond acceptors (Lipinski definition) is 5. The summed E-state index contributed by atoms with van der Waals surface area (Å²) < 4.78 is 7.53. The van der Waals surface area contributed by atoms with Crippen molar-refractivity contribution in [3.05, 3.63) is 22.3 Å². The summed E-state index contributed by atoms with van der Waals surface area (Å²) in [7, 11) is -0.584. The van der Waals surface area contributed by atoms with Gasteiger partial charge in [-0.15, -0.1) is 11.3 Å². The summed E-state index contributed by atoms with van der Waals surface area (Å²) in [5.74, 6) is 0.931. The lowest BCUT2D eigenvalue weighted by molar-refractivity contribution is 0.0808. The van der Waals surface area contributed by atoms with Gasteiger partial charge in [-0.3, -0.25) is 4.79 Å². The standard InChI is InChI=1S/C20H32N4O2S2.C2H6/c1-20(2,3)22-18(25)14-12-24(13-26-10-11-28(4,5)6)23-17(14)19-21-15-8-7-9-16(15)27-19;1-2/h12H,7-11,13H2,1-6H3,(H,22,25);1-2H3. The largest absolute Gasteiger partial charge is 0.358 e. The first-order valence-electron chi connectivity index (χ1n) is 10.6. The zero-order valence-electron chi connectivity index (χ0n) is 19.8. The van der Waals surface area contributed by atoms with Gasteiger partial charge in [0.15, 0.2) is 0 Å². The average molecular weight is 455 g/mol. The first kappa shape index (κ1) is 24.9. The van der Waals surface area contributed by atoms with Crippen LogP contribution in [0.4, 0.5) is 0 Å². The molecule has 8 heteroatoms. The number of rotatable bonds is 7. The van der Waals surface area contributed by atoms with E-state index in [2.05, 4.69) is 29.2 Å². The van der Waals surface area contributed by atoms with Crippen molar-refractivity contribution in [2.45, 2.75) is 66.2 Å². The third kappa shape index (κ3) is 7.10. The summed E-state index contributed by atoms with van der Waals surface area (Å²) in [6.45, 7) is 11.0. The summed E-state index contributed by atoms with van der Waals surface area (Å²) in [6, 6.07) is 0. The summed E-state index contributed by atoms with van der Waals surface area (Å²) in [6.07, 6.45) is 11.9. The number of hydrogen-bond donors (Lipinski definition) is 1. The normalized spacial score (nSPS) is 14.1. The number of fused-ring (bicyclic) bond motifs is 1. The van der Waals surface area contributed by atoms with Crippen LogP contribution in [0.25, 0.3) is 10.7 Å². The number of carbonyl (C=O) groups excluding carboxylic acids is 1. The van der Waals surface area contributed by atoms with Crippen LogP contribution in [-0.2, 0) is 24.3 Å². The number of thiazole rings is 1. The molecule has 170 valence electrons. The molecule has 0 unspecified atom stereocenters. The summed E-state index contributed by atoms with van der Waals surface area (Å²) in [5.41, 5.74) is 2.08. The number of nitrogens with one attached hydrogen (secondary N) is 1. The molecule has 0 bridgehead atoms. The monoisotopic (exact) mass is 454 g/mol. The minimum Gasteiger partial charge on any atom is -0.358 e. The van der Waals surface area contributed by atoms with Crippen molar-refractivity contribution in [2.24, 2.45) is 0 Å². The zero-order valence-corrected chi connectivity index (χ0v) is 21.4. The second-order valence-electron chi connectivity index (χ2n) is 9.21. The smallest absolute Gasteiger partial charge is 0.255 e. The third-order valence-corrected chi connectivity index (χ3v) is 6.91. The van der Waals surface area contributed by atoms with Gasteiger partial charge in [0, 0.05) is 22.4 Å². The van der Waals surface area contributed by atoms with E-state index in [0.29, 0.717) is 24.6 Å². The van der Waals surface area contributed by atoms with Gasteiger partial charge in [0.25, 0.3) is 5.91 Å². The van der Waals surface area contributed by atoms with Crippen LogP contribution in [0.15, 0.2) is 6.20 Å². The van der Waals surface area contributed by atoms with Gasteiger partial charge >= 0.3 is 0 Å². The van der Waals surface area contributed by atoms with Crippen molar-refractivity contribution >= 4 is 27.3 Å². The van der Waals surface area contributed by atoms with E-state index >= 15 is 0 Å². The Balaban J connectivity index is 0.00000155. The molecule has 1 amide bonds. The molecule has 6 nitrogen and oxygen atoms in total. The molecule has 0 atom stereocenters. The van der Waals surface area contributed by atoms with Crippen LogP contribution in [0.3, 0.4) is 0 Å². The van der Waals surface area contributed by atoms with Crippen LogP contribution < -0.4 is 5.32 Å². The molecule has 0 fully saturated rings. The van der Waals surface area contributed by atoms with Crippen molar-refractivity contribution in [1.29, 1.82) is 0 Å². The first-order valence-corrected chi connectivity index (χ1v) is 14.5. The first-order chi connectivity index (χ1) is 14.0. The van der Waals surface area contributed by atoms with E-state index in [1.54, 1.807) is 22.2 Å². The zero-order chi connectivity index (χ0) is 22.5. The van der Waals surface area contributed by atoms with Crippen molar-refractivity contribution in [2.75, 3.05) is 31.1 Å². The highest BCUT2D eigenvalue weighted by Crippen LogP contribution is 2.35. The average Bonchev–Trinajstić information content (AvgIpc) is 3.32. The van der Waals surface area contributed by atoms with Crippen LogP contribution in [0, 0.1) is 0 Å². The molecule has 1 aliphatic rings. The van der Waals surface area contributed by atoms with E-state index in [9.17, 15) is 4.79 Å². The lowest BCUT2D eigenvalue weighted by Crippen LogP contribution is -2.40. The van der Waals surface area contributed by atoms with Gasteiger partial charge in [0.2, 0.25) is 0 Å². The molecule has 0 saturated carbocycles. The minimum atomic E-state index is -0.584. The number of carbonyl (C=O) groups is 1. The predicted octanol–water partition coefficient (Wildman–Crippen LogP) is 4.72. The van der Waals surface area contributed by atoms with Gasteiger partial charge in [0.05, 0.1) is 17.9 Å². The molecule has 30 heavy (non-hydrogen) atoms. The second kappa shape index (κ2) is 10.3. The van der Waals surface area contributed by atoms with Gasteiger partial charge in [0.1, 0.15) is 17.4 Å². The molecule has 0 saturated heterocycles. The second-order valence-corrected chi connectivity index (χ2v) is 14.9. The van der Waals surface area contributed by atoms with Gasteiger partial charge < -0.3 is 10.1 Å². The van der Waals surface area contributed by atoms with Gasteiger partial charge in [-0.1, -0.05) is 13.8 Å². The molecule has 0 aliphatic heterocycles. The molecule has 1 aliphatic carbocycles. The minimum absolute atomic E-state index is 0.122. The van der Waals surface area contributed by atoms with Crippen molar-refractivity contribution in [3.63, 3.8) is 0 Å². The maximum atomic E-state index is 12.9. The summed E-state index contributed by atoms with van der Waals surface area (Å²) >= 11 is 1.67. The maximum absolute atomic E-state index is 12.9. The topological polar surface area (TPSA) is 69.0 Å². The van der Waals surface area contributed by atoms with Gasteiger partial charge in [-0.25, -0.2) is 19.7 Å². The maximum Gasteiger partial charge on any atom is 0.255 e. The molecular weight excluding hydrogens is 416 g/mol. The van der Waals surface area contributed by atoms with Crippen molar-refractivity contribution in [1.82, 2.24) is 20.1 Å². The van der Waals surface area contributed by atoms with E-state index in [1.165, 1.54) is 17.0 Å². The van der Waals surface area contributed by atoms with Crippen LogP contribution in [0.5, 0.6) is 0 Å². The van der Waals surface area contributed by atoms with Gasteiger partial charge in [-0.05, 0) is 58.8 Å². The van der Waals surface area contributed by atoms with Crippen LogP contribution in [-0.4, -0.2) is 57.3 Å². The predicted molar refractivity (Wildman–Crippen MR) is 130 cm³/mol. The molecule has 0 spiro atoms. The van der Waals surface area contributed by atoms with Crippen LogP contribution in [0.1, 0.15) is 62.0 Å². The Morgan fingerprint density at radius 1 is 1.27 bits per heavy atom. The third-order valence-electron chi connectivity index (χ3n) is 4.36. The van der Waals surface area contributed by atoms with E-state index in [1.807, 2.05) is 34.6 Å². The summed E-state index contributed by atoms with van der Waals surface area (Å²) in [5, 5.41) is 8.54. The molecule has 1 N–H and O–H groups in total. The highest BCUT2D eigenvalue weighted by molar-refractivity contribution is 8.32. The Kier molecular flexibility index (Phi) is 8.53. The van der Waals surface area contributed by atoms with E-state index in [4.69, 9.17) is 9.72 Å². The number of amides is 1. The Labute approximate surface area is 187 Å². The fourth-order valence-electron chi connectivity index (χ4n) is 2.98. The van der Waals surface area contributed by atoms with Crippen LogP contribution in [0.2, 0.25) is 0 Å². The Morgan fingerprint density at radius 3 is 2.57 bits per heavy atom. The SMILES string of the molecule is CC.CC(C)(C)NC(=O)c1cn(COCCS(C)(C)C)nc1-c1nc2c(s1)CCC2. The number of ether oxygens (including phenoxy) is 1. The lowest BCUT2D eigenvalue weighted by Gasteiger charge is -2.24. The fourth-order valence-corrected chi connectivity index (χ4v) is 4.74. The quantitative estimate of drug-likeness (QED) is 0.615. The number of aryl methyl sites for hydroxylation is 2. The van der Waals surface area contributed by atoms with E-state index in [0.717, 1.165) is 23.6 Å². The lowest BCUT2D eigenvalue weighted by atomic mass is 10.1. The summed E-state index contributed by atoms with van der Waals surface area (Å²) in [4.78, 5) is 19.0. The molecule has 0 radical (unpaired) electrons. The fraction of sp³-hybridized carbons (Fsp3) is 0.682. The molecule has 0 aromatic carbocycles. The number of nitrogens with zero attached hydrogens (tertiary/aromatic N) is 3. The Morgan fingerprint density at radius 2 is 1.97 bits per heavy atom. The molecule has 2 aromatic heterocycles. The van der Waals surface area contributed by atoms with Crippen molar-refractivity contribution < 1.29 is 9.53 Å². The molecular formula is C22H38N4O2S2. The Bertz CT molecular complexity index is 823. The Hall–Kier alpha value is -1.38. The van der Waals surface area contributed by atoms with Gasteiger partial charge in [-0.2, -0.15) is 5.10 Å². The molecule has 2 aromatic rings. The highest BCUT2D eigenvalue weighted by atomic mass is 32.3. The van der Waals surface area contributed by atoms with Crippen molar-refractivity contribution in [3.8, 4) is 10.7 Å². The number of aromatic nitrogens is 3. The highest BCUT2D eigenvalue weighted by Gasteiger charge is 2.26.